The molecule has 0 rings (SSSR count). The topological polar surface area (TPSA) is 55.8 Å². The van der Waals surface area contributed by atoms with E-state index in [9.17, 15) is 4.79 Å². The van der Waals surface area contributed by atoms with E-state index in [0.717, 1.165) is 0 Å². The van der Waals surface area contributed by atoms with Crippen LogP contribution in [0.25, 0.3) is 0 Å². The fourth-order valence-electron chi connectivity index (χ4n) is 0.618. The van der Waals surface area contributed by atoms with Crippen molar-refractivity contribution in [2.24, 2.45) is 0 Å². The molecule has 0 fully saturated rings. The molecule has 0 aliphatic carbocycles. The maximum Gasteiger partial charge on any atom is 0.302 e. The van der Waals surface area contributed by atoms with Crippen molar-refractivity contribution in [3.63, 3.8) is 0 Å². The van der Waals surface area contributed by atoms with E-state index in [-0.39, 0.29) is 25.3 Å². The molecule has 0 aromatic carbocycles. The van der Waals surface area contributed by atoms with Crippen molar-refractivity contribution in [3.8, 4) is 0 Å². The molecule has 0 bridgehead atoms. The maximum absolute atomic E-state index is 10.4. The smallest absolute Gasteiger partial charge is 0.302 e. The van der Waals surface area contributed by atoms with Gasteiger partial charge in [-0.3, -0.25) is 4.79 Å². The number of alkyl halides is 2. The summed E-state index contributed by atoms with van der Waals surface area (Å²) in [6, 6.07) is 0. The van der Waals surface area contributed by atoms with E-state index in [0.29, 0.717) is 0 Å². The minimum Gasteiger partial charge on any atom is -0.463 e. The minimum absolute atomic E-state index is 0.0140. The number of carbonyl (C=O) groups is 1. The molecule has 0 saturated heterocycles. The van der Waals surface area contributed by atoms with Gasteiger partial charge in [0.25, 0.3) is 0 Å². The predicted molar refractivity (Wildman–Crippen MR) is 53.5 cm³/mol. The summed E-state index contributed by atoms with van der Waals surface area (Å²) in [7, 11) is 0. The van der Waals surface area contributed by atoms with E-state index >= 15 is 0 Å². The number of aliphatic hydroxyl groups is 1. The van der Waals surface area contributed by atoms with Gasteiger partial charge in [0, 0.05) is 6.92 Å². The standard InChI is InChI=1S/C8H14Cl2O4/c1-5(3-14-6(2)11)13-4-7(12)8(9)10/h5,7-8,12H,3-4H2,1-2H3. The van der Waals surface area contributed by atoms with Gasteiger partial charge in [0.05, 0.1) is 12.7 Å². The van der Waals surface area contributed by atoms with Crippen molar-refractivity contribution in [1.29, 1.82) is 0 Å². The third kappa shape index (κ3) is 7.38. The number of ether oxygens (including phenoxy) is 2. The predicted octanol–water partition coefficient (Wildman–Crippen LogP) is 1.12. The molecule has 2 unspecified atom stereocenters. The van der Waals surface area contributed by atoms with Crippen LogP contribution in [0.3, 0.4) is 0 Å². The van der Waals surface area contributed by atoms with E-state index in [1.807, 2.05) is 0 Å². The summed E-state index contributed by atoms with van der Waals surface area (Å²) in [6.07, 6.45) is -1.22. The number of carbonyl (C=O) groups excluding carboxylic acids is 1. The normalized spacial score (nSPS) is 15.3. The fraction of sp³-hybridized carbons (Fsp3) is 0.875. The van der Waals surface area contributed by atoms with E-state index < -0.39 is 10.9 Å². The van der Waals surface area contributed by atoms with Gasteiger partial charge in [0.1, 0.15) is 17.5 Å². The van der Waals surface area contributed by atoms with Crippen LogP contribution in [0.1, 0.15) is 13.8 Å². The Kier molecular flexibility index (Phi) is 7.27. The molecule has 1 N–H and O–H groups in total. The molecule has 0 amide bonds. The highest BCUT2D eigenvalue weighted by atomic mass is 35.5. The number of aliphatic hydroxyl groups excluding tert-OH is 1. The molecule has 0 saturated carbocycles. The van der Waals surface area contributed by atoms with Crippen LogP contribution < -0.4 is 0 Å². The number of esters is 1. The molecular formula is C8H14Cl2O4. The summed E-state index contributed by atoms with van der Waals surface area (Å²) in [5.41, 5.74) is 0. The van der Waals surface area contributed by atoms with Gasteiger partial charge in [0.2, 0.25) is 0 Å². The van der Waals surface area contributed by atoms with Crippen LogP contribution in [0.2, 0.25) is 0 Å². The van der Waals surface area contributed by atoms with Gasteiger partial charge in [-0.15, -0.1) is 23.2 Å². The molecule has 14 heavy (non-hydrogen) atoms. The summed E-state index contributed by atoms with van der Waals surface area (Å²) in [4.78, 5) is 9.55. The average Bonchev–Trinajstić information content (AvgIpc) is 2.10. The molecule has 0 aliphatic rings. The second-order valence-electron chi connectivity index (χ2n) is 2.85. The second-order valence-corrected chi connectivity index (χ2v) is 4.01. The molecule has 0 aromatic rings. The van der Waals surface area contributed by atoms with Crippen LogP contribution in [0.4, 0.5) is 0 Å². The van der Waals surface area contributed by atoms with Gasteiger partial charge in [-0.25, -0.2) is 0 Å². The molecule has 2 atom stereocenters. The zero-order valence-corrected chi connectivity index (χ0v) is 9.59. The molecule has 6 heteroatoms. The van der Waals surface area contributed by atoms with Gasteiger partial charge in [-0.1, -0.05) is 0 Å². The SMILES string of the molecule is CC(=O)OCC(C)OCC(O)C(Cl)Cl. The summed E-state index contributed by atoms with van der Waals surface area (Å²) in [5, 5.41) is 9.16. The van der Waals surface area contributed by atoms with Gasteiger partial charge in [-0.2, -0.15) is 0 Å². The number of hydrogen-bond donors (Lipinski definition) is 1. The molecular weight excluding hydrogens is 231 g/mol. The Balaban J connectivity index is 3.53. The van der Waals surface area contributed by atoms with Crippen molar-refractivity contribution in [2.45, 2.75) is 30.9 Å². The summed E-state index contributed by atoms with van der Waals surface area (Å²) >= 11 is 10.8. The number of rotatable bonds is 6. The van der Waals surface area contributed by atoms with Gasteiger partial charge < -0.3 is 14.6 Å². The van der Waals surface area contributed by atoms with E-state index in [4.69, 9.17) is 33.0 Å². The third-order valence-electron chi connectivity index (χ3n) is 1.36. The Labute approximate surface area is 93.1 Å². The second kappa shape index (κ2) is 7.29. The zero-order chi connectivity index (χ0) is 11.1. The molecule has 84 valence electrons. The number of hydrogen-bond acceptors (Lipinski definition) is 4. The number of halogens is 2. The highest BCUT2D eigenvalue weighted by Gasteiger charge is 2.15. The van der Waals surface area contributed by atoms with E-state index in [1.165, 1.54) is 6.92 Å². The molecule has 0 radical (unpaired) electrons. The van der Waals surface area contributed by atoms with Gasteiger partial charge >= 0.3 is 5.97 Å². The first-order valence-electron chi connectivity index (χ1n) is 4.14. The highest BCUT2D eigenvalue weighted by molar-refractivity contribution is 6.44. The van der Waals surface area contributed by atoms with Crippen LogP contribution >= 0.6 is 23.2 Å². The first-order chi connectivity index (χ1) is 6.43. The Morgan fingerprint density at radius 3 is 2.43 bits per heavy atom. The monoisotopic (exact) mass is 244 g/mol. The average molecular weight is 245 g/mol. The first-order valence-corrected chi connectivity index (χ1v) is 5.02. The van der Waals surface area contributed by atoms with Gasteiger partial charge in [-0.05, 0) is 6.92 Å². The molecule has 0 heterocycles. The van der Waals surface area contributed by atoms with Crippen molar-refractivity contribution in [2.75, 3.05) is 13.2 Å². The minimum atomic E-state index is -0.932. The van der Waals surface area contributed by atoms with Crippen LogP contribution in [-0.4, -0.2) is 41.3 Å². The summed E-state index contributed by atoms with van der Waals surface area (Å²) in [5.74, 6) is -0.367. The van der Waals surface area contributed by atoms with E-state index in [1.54, 1.807) is 6.92 Å². The van der Waals surface area contributed by atoms with Crippen molar-refractivity contribution >= 4 is 29.2 Å². The summed E-state index contributed by atoms with van der Waals surface area (Å²) in [6.45, 7) is 3.19. The highest BCUT2D eigenvalue weighted by Crippen LogP contribution is 2.08. The maximum atomic E-state index is 10.4. The van der Waals surface area contributed by atoms with Crippen LogP contribution in [0.15, 0.2) is 0 Å². The largest absolute Gasteiger partial charge is 0.463 e. The lowest BCUT2D eigenvalue weighted by atomic mass is 10.4. The molecule has 0 aliphatic heterocycles. The van der Waals surface area contributed by atoms with Crippen molar-refractivity contribution in [1.82, 2.24) is 0 Å². The first kappa shape index (κ1) is 14.0. The van der Waals surface area contributed by atoms with Crippen LogP contribution in [-0.2, 0) is 14.3 Å². The fourth-order valence-corrected chi connectivity index (χ4v) is 0.764. The zero-order valence-electron chi connectivity index (χ0n) is 8.07. The van der Waals surface area contributed by atoms with Crippen molar-refractivity contribution < 1.29 is 19.4 Å². The van der Waals surface area contributed by atoms with Crippen LogP contribution in [0.5, 0.6) is 0 Å². The Bertz CT molecular complexity index is 175. The lowest BCUT2D eigenvalue weighted by molar-refractivity contribution is -0.145. The van der Waals surface area contributed by atoms with Crippen molar-refractivity contribution in [3.05, 3.63) is 0 Å². The van der Waals surface area contributed by atoms with Gasteiger partial charge in [0.15, 0.2) is 0 Å². The quantitative estimate of drug-likeness (QED) is 0.562. The Morgan fingerprint density at radius 1 is 1.43 bits per heavy atom. The Hall–Kier alpha value is -0.0300. The summed E-state index contributed by atoms with van der Waals surface area (Å²) < 4.78 is 9.80. The lowest BCUT2D eigenvalue weighted by Gasteiger charge is -2.16. The molecule has 0 aromatic heterocycles. The lowest BCUT2D eigenvalue weighted by Crippen LogP contribution is -2.27. The molecule has 4 nitrogen and oxygen atoms in total. The molecule has 0 spiro atoms. The van der Waals surface area contributed by atoms with E-state index in [2.05, 4.69) is 4.74 Å². The Morgan fingerprint density at radius 2 is 2.00 bits per heavy atom. The van der Waals surface area contributed by atoms with Crippen LogP contribution in [0, 0.1) is 0 Å². The third-order valence-corrected chi connectivity index (χ3v) is 1.95.